The van der Waals surface area contributed by atoms with Gasteiger partial charge in [0.1, 0.15) is 5.75 Å². The summed E-state index contributed by atoms with van der Waals surface area (Å²) in [4.78, 5) is 0. The topological polar surface area (TPSA) is 64.0 Å². The van der Waals surface area contributed by atoms with Crippen molar-refractivity contribution in [1.82, 2.24) is 14.5 Å². The van der Waals surface area contributed by atoms with Crippen molar-refractivity contribution < 1.29 is 8.42 Å². The van der Waals surface area contributed by atoms with E-state index in [0.717, 1.165) is 5.56 Å². The van der Waals surface area contributed by atoms with Crippen LogP contribution in [0, 0.1) is 0 Å². The molecule has 0 aliphatic heterocycles. The van der Waals surface area contributed by atoms with Crippen molar-refractivity contribution in [1.29, 1.82) is 0 Å². The van der Waals surface area contributed by atoms with E-state index in [2.05, 4.69) is 30.6 Å². The molecule has 5 nitrogen and oxygen atoms in total. The van der Waals surface area contributed by atoms with Gasteiger partial charge in [0.15, 0.2) is 0 Å². The van der Waals surface area contributed by atoms with Gasteiger partial charge in [0.25, 0.3) is 0 Å². The van der Waals surface area contributed by atoms with Gasteiger partial charge in [-0.3, -0.25) is 4.68 Å². The Kier molecular flexibility index (Phi) is 4.72. The fourth-order valence-corrected chi connectivity index (χ4v) is 3.27. The van der Waals surface area contributed by atoms with E-state index in [-0.39, 0.29) is 11.2 Å². The summed E-state index contributed by atoms with van der Waals surface area (Å²) in [5.74, 6) is -0.0659. The second-order valence-electron chi connectivity index (χ2n) is 6.47. The number of aromatic nitrogens is 2. The Hall–Kier alpha value is -1.66. The summed E-state index contributed by atoms with van der Waals surface area (Å²) in [6, 6.07) is 9.73. The third-order valence-electron chi connectivity index (χ3n) is 3.58. The fourth-order valence-electron chi connectivity index (χ4n) is 2.10. The Morgan fingerprint density at radius 1 is 1.14 bits per heavy atom. The molecule has 1 N–H and O–H groups in total. The smallest absolute Gasteiger partial charge is 0.217 e. The molecule has 2 aromatic rings. The summed E-state index contributed by atoms with van der Waals surface area (Å²) in [5.41, 5.74) is 2.93. The molecule has 1 heterocycles. The van der Waals surface area contributed by atoms with Gasteiger partial charge < -0.3 is 0 Å². The van der Waals surface area contributed by atoms with E-state index < -0.39 is 10.0 Å². The van der Waals surface area contributed by atoms with Crippen molar-refractivity contribution in [2.75, 3.05) is 0 Å². The van der Waals surface area contributed by atoms with Gasteiger partial charge in [-0.25, -0.2) is 13.1 Å². The van der Waals surface area contributed by atoms with Crippen molar-refractivity contribution in [3.63, 3.8) is 0 Å². The van der Waals surface area contributed by atoms with Crippen LogP contribution in [0.2, 0.25) is 0 Å². The third kappa shape index (κ3) is 4.42. The maximum atomic E-state index is 12.1. The molecule has 1 aromatic heterocycles. The Morgan fingerprint density at radius 2 is 1.77 bits per heavy atom. The number of sulfonamides is 1. The van der Waals surface area contributed by atoms with Crippen LogP contribution in [-0.2, 0) is 34.8 Å². The Balaban J connectivity index is 1.99. The zero-order valence-electron chi connectivity index (χ0n) is 13.5. The van der Waals surface area contributed by atoms with Crippen molar-refractivity contribution >= 4 is 10.0 Å². The lowest BCUT2D eigenvalue weighted by Crippen LogP contribution is -2.25. The number of benzene rings is 1. The van der Waals surface area contributed by atoms with E-state index in [1.54, 1.807) is 24.0 Å². The summed E-state index contributed by atoms with van der Waals surface area (Å²) < 4.78 is 28.4. The van der Waals surface area contributed by atoms with Crippen LogP contribution in [0.1, 0.15) is 37.6 Å². The summed E-state index contributed by atoms with van der Waals surface area (Å²) in [5, 5.41) is 3.98. The predicted octanol–water partition coefficient (Wildman–Crippen LogP) is 2.34. The zero-order valence-corrected chi connectivity index (χ0v) is 14.3. The van der Waals surface area contributed by atoms with Gasteiger partial charge in [0.05, 0.1) is 5.69 Å². The molecule has 0 fully saturated rings. The van der Waals surface area contributed by atoms with E-state index in [9.17, 15) is 8.42 Å². The molecule has 120 valence electrons. The van der Waals surface area contributed by atoms with Gasteiger partial charge in [0.2, 0.25) is 10.0 Å². The van der Waals surface area contributed by atoms with E-state index in [4.69, 9.17) is 0 Å². The first kappa shape index (κ1) is 16.7. The molecule has 0 aliphatic carbocycles. The van der Waals surface area contributed by atoms with Crippen LogP contribution in [0.15, 0.2) is 36.5 Å². The second-order valence-corrected chi connectivity index (χ2v) is 8.28. The van der Waals surface area contributed by atoms with Gasteiger partial charge in [-0.05, 0) is 22.6 Å². The lowest BCUT2D eigenvalue weighted by Gasteiger charge is -2.19. The molecule has 6 heteroatoms. The molecule has 2 rings (SSSR count). The second kappa shape index (κ2) is 6.22. The molecule has 0 radical (unpaired) electrons. The van der Waals surface area contributed by atoms with Crippen molar-refractivity contribution in [2.24, 2.45) is 7.05 Å². The predicted molar refractivity (Wildman–Crippen MR) is 87.8 cm³/mol. The molecule has 0 amide bonds. The standard InChI is InChI=1S/C16H23N3O2S/c1-16(2,3)14-7-5-13(6-8-14)11-18-22(20,21)12-15-9-10-17-19(15)4/h5-10,18H,11-12H2,1-4H3. The molecule has 0 unspecified atom stereocenters. The Labute approximate surface area is 132 Å². The number of hydrogen-bond acceptors (Lipinski definition) is 3. The zero-order chi connectivity index (χ0) is 16.4. The van der Waals surface area contributed by atoms with Crippen LogP contribution in [0.5, 0.6) is 0 Å². The highest BCUT2D eigenvalue weighted by atomic mass is 32.2. The van der Waals surface area contributed by atoms with Gasteiger partial charge in [-0.15, -0.1) is 0 Å². The third-order valence-corrected chi connectivity index (χ3v) is 4.84. The first-order valence-corrected chi connectivity index (χ1v) is 8.86. The van der Waals surface area contributed by atoms with Gasteiger partial charge >= 0.3 is 0 Å². The maximum absolute atomic E-state index is 12.1. The molecule has 22 heavy (non-hydrogen) atoms. The maximum Gasteiger partial charge on any atom is 0.217 e. The van der Waals surface area contributed by atoms with Crippen LogP contribution in [0.3, 0.4) is 0 Å². The minimum Gasteiger partial charge on any atom is -0.272 e. The number of hydrogen-bond donors (Lipinski definition) is 1. The average Bonchev–Trinajstić information content (AvgIpc) is 2.81. The van der Waals surface area contributed by atoms with E-state index in [0.29, 0.717) is 12.2 Å². The molecule has 0 saturated carbocycles. The molecule has 0 spiro atoms. The number of aryl methyl sites for hydroxylation is 1. The molecule has 0 bridgehead atoms. The van der Waals surface area contributed by atoms with Gasteiger partial charge in [-0.1, -0.05) is 45.0 Å². The molecular weight excluding hydrogens is 298 g/mol. The summed E-state index contributed by atoms with van der Waals surface area (Å²) in [6.45, 7) is 6.75. The van der Waals surface area contributed by atoms with E-state index in [1.165, 1.54) is 5.56 Å². The molecule has 0 aliphatic rings. The first-order valence-electron chi connectivity index (χ1n) is 7.21. The number of nitrogens with one attached hydrogen (secondary N) is 1. The van der Waals surface area contributed by atoms with Crippen LogP contribution in [0.25, 0.3) is 0 Å². The SMILES string of the molecule is Cn1nccc1CS(=O)(=O)NCc1ccc(C(C)(C)C)cc1. The summed E-state index contributed by atoms with van der Waals surface area (Å²) >= 11 is 0. The quantitative estimate of drug-likeness (QED) is 0.919. The van der Waals surface area contributed by atoms with Gasteiger partial charge in [0, 0.05) is 19.8 Å². The lowest BCUT2D eigenvalue weighted by atomic mass is 9.87. The molecular formula is C16H23N3O2S. The highest BCUT2D eigenvalue weighted by Crippen LogP contribution is 2.22. The highest BCUT2D eigenvalue weighted by Gasteiger charge is 2.15. The van der Waals surface area contributed by atoms with Crippen LogP contribution in [0.4, 0.5) is 0 Å². The van der Waals surface area contributed by atoms with Crippen molar-refractivity contribution in [3.8, 4) is 0 Å². The summed E-state index contributed by atoms with van der Waals surface area (Å²) in [6.07, 6.45) is 1.59. The minimum atomic E-state index is -3.37. The van der Waals surface area contributed by atoms with Crippen molar-refractivity contribution in [2.45, 2.75) is 38.5 Å². The summed E-state index contributed by atoms with van der Waals surface area (Å²) in [7, 11) is -1.64. The molecule has 0 atom stereocenters. The molecule has 0 saturated heterocycles. The first-order chi connectivity index (χ1) is 10.2. The normalized spacial score (nSPS) is 12.5. The van der Waals surface area contributed by atoms with E-state index in [1.807, 2.05) is 24.3 Å². The fraction of sp³-hybridized carbons (Fsp3) is 0.438. The number of rotatable bonds is 5. The monoisotopic (exact) mass is 321 g/mol. The van der Waals surface area contributed by atoms with Crippen LogP contribution >= 0.6 is 0 Å². The minimum absolute atomic E-state index is 0.0659. The van der Waals surface area contributed by atoms with Gasteiger partial charge in [-0.2, -0.15) is 5.10 Å². The Bertz CT molecular complexity index is 725. The van der Waals surface area contributed by atoms with Crippen LogP contribution in [-0.4, -0.2) is 18.2 Å². The van der Waals surface area contributed by atoms with Crippen molar-refractivity contribution in [3.05, 3.63) is 53.3 Å². The Morgan fingerprint density at radius 3 is 2.27 bits per heavy atom. The lowest BCUT2D eigenvalue weighted by molar-refractivity contribution is 0.576. The highest BCUT2D eigenvalue weighted by molar-refractivity contribution is 7.88. The van der Waals surface area contributed by atoms with E-state index >= 15 is 0 Å². The largest absolute Gasteiger partial charge is 0.272 e. The average molecular weight is 321 g/mol. The number of nitrogens with zero attached hydrogens (tertiary/aromatic N) is 2. The molecule has 1 aromatic carbocycles. The van der Waals surface area contributed by atoms with Crippen LogP contribution < -0.4 is 4.72 Å².